The van der Waals surface area contributed by atoms with Gasteiger partial charge in [0.15, 0.2) is 0 Å². The Labute approximate surface area is 96.7 Å². The van der Waals surface area contributed by atoms with E-state index in [9.17, 15) is 0 Å². The number of alkyl halides is 2. The molecule has 0 spiro atoms. The smallest absolute Gasteiger partial charge is 0.101 e. The van der Waals surface area contributed by atoms with Gasteiger partial charge in [-0.1, -0.05) is 31.9 Å². The Balaban J connectivity index is 2.04. The van der Waals surface area contributed by atoms with Gasteiger partial charge < -0.3 is 0 Å². The van der Waals surface area contributed by atoms with Crippen LogP contribution >= 0.6 is 23.2 Å². The van der Waals surface area contributed by atoms with E-state index in [2.05, 4.69) is 25.5 Å². The number of hydrogen-bond acceptors (Lipinski definition) is 0. The molecule has 2 fully saturated rings. The average molecular weight is 232 g/mol. The Morgan fingerprint density at radius 3 is 2.79 bits per heavy atom. The second-order valence-corrected chi connectivity index (χ2v) is 5.85. The molecule has 2 heteroatoms. The SMILES string of the molecule is CCC=C[CH]C12CCCCC1C2(Cl)Cl. The van der Waals surface area contributed by atoms with Crippen molar-refractivity contribution < 1.29 is 0 Å². The zero-order chi connectivity index (χ0) is 10.2. The summed E-state index contributed by atoms with van der Waals surface area (Å²) in [6, 6.07) is 0. The highest BCUT2D eigenvalue weighted by Gasteiger charge is 2.74. The van der Waals surface area contributed by atoms with Crippen molar-refractivity contribution in [3.63, 3.8) is 0 Å². The lowest BCUT2D eigenvalue weighted by Gasteiger charge is -2.19. The number of rotatable bonds is 3. The summed E-state index contributed by atoms with van der Waals surface area (Å²) in [5, 5.41) is 0. The van der Waals surface area contributed by atoms with Crippen molar-refractivity contribution in [2.75, 3.05) is 0 Å². The summed E-state index contributed by atoms with van der Waals surface area (Å²) in [7, 11) is 0. The molecule has 2 saturated carbocycles. The molecular formula is C12H17Cl2. The second kappa shape index (κ2) is 3.72. The van der Waals surface area contributed by atoms with Crippen LogP contribution in [0.25, 0.3) is 0 Å². The Morgan fingerprint density at radius 1 is 1.36 bits per heavy atom. The lowest BCUT2D eigenvalue weighted by Crippen LogP contribution is -2.11. The van der Waals surface area contributed by atoms with E-state index < -0.39 is 4.33 Å². The number of allylic oxidation sites excluding steroid dienone is 2. The molecule has 14 heavy (non-hydrogen) atoms. The lowest BCUT2D eigenvalue weighted by atomic mass is 9.86. The Bertz CT molecular complexity index is 245. The minimum atomic E-state index is -0.471. The molecule has 0 saturated heterocycles. The molecule has 0 aliphatic heterocycles. The van der Waals surface area contributed by atoms with Crippen molar-refractivity contribution in [1.29, 1.82) is 0 Å². The van der Waals surface area contributed by atoms with Crippen molar-refractivity contribution in [2.24, 2.45) is 11.3 Å². The Hall–Kier alpha value is 0.320. The van der Waals surface area contributed by atoms with Crippen molar-refractivity contribution in [2.45, 2.75) is 43.4 Å². The molecule has 79 valence electrons. The first kappa shape index (κ1) is 10.8. The maximum Gasteiger partial charge on any atom is 0.128 e. The number of halogens is 2. The van der Waals surface area contributed by atoms with Gasteiger partial charge in [0.1, 0.15) is 4.33 Å². The summed E-state index contributed by atoms with van der Waals surface area (Å²) >= 11 is 12.7. The van der Waals surface area contributed by atoms with Crippen molar-refractivity contribution in [1.82, 2.24) is 0 Å². The molecule has 2 aliphatic rings. The molecule has 0 aromatic rings. The van der Waals surface area contributed by atoms with Crippen LogP contribution in [0.2, 0.25) is 0 Å². The van der Waals surface area contributed by atoms with E-state index in [4.69, 9.17) is 23.2 Å². The van der Waals surface area contributed by atoms with Crippen LogP contribution in [0.3, 0.4) is 0 Å². The molecule has 2 aliphatic carbocycles. The maximum absolute atomic E-state index is 6.35. The zero-order valence-corrected chi connectivity index (χ0v) is 10.1. The molecule has 2 atom stereocenters. The van der Waals surface area contributed by atoms with Gasteiger partial charge in [0.2, 0.25) is 0 Å². The first-order valence-corrected chi connectivity index (χ1v) is 6.29. The van der Waals surface area contributed by atoms with E-state index >= 15 is 0 Å². The molecule has 0 N–H and O–H groups in total. The monoisotopic (exact) mass is 231 g/mol. The van der Waals surface area contributed by atoms with Gasteiger partial charge >= 0.3 is 0 Å². The normalized spacial score (nSPS) is 39.8. The van der Waals surface area contributed by atoms with Gasteiger partial charge in [0.05, 0.1) is 0 Å². The topological polar surface area (TPSA) is 0 Å². The lowest BCUT2D eigenvalue weighted by molar-refractivity contribution is 0.387. The summed E-state index contributed by atoms with van der Waals surface area (Å²) in [6.07, 6.45) is 12.6. The molecule has 0 aromatic heterocycles. The fourth-order valence-electron chi connectivity index (χ4n) is 2.79. The predicted molar refractivity (Wildman–Crippen MR) is 62.6 cm³/mol. The second-order valence-electron chi connectivity index (χ2n) is 4.46. The van der Waals surface area contributed by atoms with Gasteiger partial charge in [-0.05, 0) is 25.7 Å². The fraction of sp³-hybridized carbons (Fsp3) is 0.750. The summed E-state index contributed by atoms with van der Waals surface area (Å²) < 4.78 is -0.471. The molecule has 0 amide bonds. The third-order valence-electron chi connectivity index (χ3n) is 3.70. The van der Waals surface area contributed by atoms with Gasteiger partial charge in [0.25, 0.3) is 0 Å². The predicted octanol–water partition coefficient (Wildman–Crippen LogP) is 4.52. The minimum absolute atomic E-state index is 0.111. The van der Waals surface area contributed by atoms with Crippen molar-refractivity contribution in [3.8, 4) is 0 Å². The molecule has 0 nitrogen and oxygen atoms in total. The van der Waals surface area contributed by atoms with Crippen LogP contribution in [0.1, 0.15) is 39.0 Å². The van der Waals surface area contributed by atoms with Gasteiger partial charge in [0, 0.05) is 11.3 Å². The highest BCUT2D eigenvalue weighted by molar-refractivity contribution is 6.52. The highest BCUT2D eigenvalue weighted by atomic mass is 35.5. The zero-order valence-electron chi connectivity index (χ0n) is 8.60. The molecule has 0 bridgehead atoms. The van der Waals surface area contributed by atoms with Gasteiger partial charge in [-0.2, -0.15) is 0 Å². The van der Waals surface area contributed by atoms with E-state index in [0.717, 1.165) is 6.42 Å². The van der Waals surface area contributed by atoms with Crippen LogP contribution in [0.15, 0.2) is 12.2 Å². The average Bonchev–Trinajstić information content (AvgIpc) is 2.66. The number of hydrogen-bond donors (Lipinski definition) is 0. The summed E-state index contributed by atoms with van der Waals surface area (Å²) in [6.45, 7) is 2.14. The molecule has 1 radical (unpaired) electrons. The summed E-state index contributed by atoms with van der Waals surface area (Å²) in [5.41, 5.74) is 0.111. The van der Waals surface area contributed by atoms with Crippen molar-refractivity contribution in [3.05, 3.63) is 18.6 Å². The third kappa shape index (κ3) is 1.42. The summed E-state index contributed by atoms with van der Waals surface area (Å²) in [5.74, 6) is 0.508. The van der Waals surface area contributed by atoms with Crippen molar-refractivity contribution >= 4 is 23.2 Å². The highest BCUT2D eigenvalue weighted by Crippen LogP contribution is 2.76. The molecule has 0 aromatic carbocycles. The molecular weight excluding hydrogens is 215 g/mol. The summed E-state index contributed by atoms with van der Waals surface area (Å²) in [4.78, 5) is 0. The van der Waals surface area contributed by atoms with E-state index in [-0.39, 0.29) is 5.41 Å². The van der Waals surface area contributed by atoms with Gasteiger partial charge in [-0.3, -0.25) is 0 Å². The van der Waals surface area contributed by atoms with Crippen LogP contribution in [0.5, 0.6) is 0 Å². The first-order chi connectivity index (χ1) is 6.65. The quantitative estimate of drug-likeness (QED) is 0.627. The minimum Gasteiger partial charge on any atom is -0.101 e. The van der Waals surface area contributed by atoms with E-state index in [1.165, 1.54) is 25.7 Å². The van der Waals surface area contributed by atoms with E-state index in [1.807, 2.05) is 0 Å². The fourth-order valence-corrected chi connectivity index (χ4v) is 3.86. The van der Waals surface area contributed by atoms with Crippen LogP contribution < -0.4 is 0 Å². The molecule has 2 rings (SSSR count). The van der Waals surface area contributed by atoms with Gasteiger partial charge in [-0.25, -0.2) is 0 Å². The van der Waals surface area contributed by atoms with Crippen LogP contribution in [0.4, 0.5) is 0 Å². The first-order valence-electron chi connectivity index (χ1n) is 5.54. The number of fused-ring (bicyclic) bond motifs is 1. The Kier molecular flexibility index (Phi) is 2.87. The van der Waals surface area contributed by atoms with Crippen LogP contribution in [-0.4, -0.2) is 4.33 Å². The standard InChI is InChI=1S/C12H17Cl2/c1-2-3-5-8-11-9-6-4-7-10(11)12(11,13)14/h3,5,8,10H,2,4,6-7,9H2,1H3. The van der Waals surface area contributed by atoms with Crippen LogP contribution in [-0.2, 0) is 0 Å². The van der Waals surface area contributed by atoms with Crippen LogP contribution in [0, 0.1) is 17.8 Å². The van der Waals surface area contributed by atoms with Gasteiger partial charge in [-0.15, -0.1) is 23.2 Å². The maximum atomic E-state index is 6.35. The molecule has 0 heterocycles. The molecule has 2 unspecified atom stereocenters. The van der Waals surface area contributed by atoms with E-state index in [1.54, 1.807) is 0 Å². The third-order valence-corrected chi connectivity index (χ3v) is 4.93. The Morgan fingerprint density at radius 2 is 2.14 bits per heavy atom. The largest absolute Gasteiger partial charge is 0.128 e. The van der Waals surface area contributed by atoms with E-state index in [0.29, 0.717) is 5.92 Å².